The van der Waals surface area contributed by atoms with Crippen molar-refractivity contribution in [3.63, 3.8) is 0 Å². The van der Waals surface area contributed by atoms with Crippen molar-refractivity contribution in [1.29, 1.82) is 0 Å². The maximum Gasteiger partial charge on any atom is 0.355 e. The van der Waals surface area contributed by atoms with E-state index in [1.165, 1.54) is 5.56 Å². The molecule has 1 aromatic carbocycles. The highest BCUT2D eigenvalue weighted by Crippen LogP contribution is 2.43. The van der Waals surface area contributed by atoms with Crippen LogP contribution in [0.1, 0.15) is 70.8 Å². The zero-order chi connectivity index (χ0) is 22.6. The number of aromatic amines is 1. The number of aromatic nitrogens is 1. The molecule has 1 fully saturated rings. The molecule has 0 radical (unpaired) electrons. The monoisotopic (exact) mass is 426 g/mol. The Hall–Kier alpha value is -3.09. The molecule has 166 valence electrons. The van der Waals surface area contributed by atoms with Crippen LogP contribution in [0.25, 0.3) is 0 Å². The zero-order valence-corrected chi connectivity index (χ0v) is 18.5. The van der Waals surface area contributed by atoms with E-state index >= 15 is 0 Å². The lowest BCUT2D eigenvalue weighted by molar-refractivity contribution is -0.124. The van der Waals surface area contributed by atoms with Gasteiger partial charge in [-0.2, -0.15) is 0 Å². The van der Waals surface area contributed by atoms with Crippen LogP contribution >= 0.6 is 0 Å². The topological polar surface area (TPSA) is 97.5 Å². The third kappa shape index (κ3) is 4.98. The van der Waals surface area contributed by atoms with E-state index in [0.29, 0.717) is 23.4 Å². The fourth-order valence-electron chi connectivity index (χ4n) is 4.02. The smallest absolute Gasteiger partial charge is 0.355 e. The van der Waals surface area contributed by atoms with Crippen molar-refractivity contribution in [2.45, 2.75) is 58.5 Å². The number of hydrogen-bond acceptors (Lipinski definition) is 5. The van der Waals surface area contributed by atoms with Crippen molar-refractivity contribution in [2.24, 2.45) is 0 Å². The summed E-state index contributed by atoms with van der Waals surface area (Å²) in [5.41, 5.74) is 2.62. The summed E-state index contributed by atoms with van der Waals surface area (Å²) in [6, 6.07) is 10.2. The minimum absolute atomic E-state index is 0.0419. The van der Waals surface area contributed by atoms with Gasteiger partial charge in [0.15, 0.2) is 6.61 Å². The highest BCUT2D eigenvalue weighted by atomic mass is 16.5. The Labute approximate surface area is 182 Å². The van der Waals surface area contributed by atoms with Crippen molar-refractivity contribution >= 4 is 17.8 Å². The molecule has 0 aliphatic heterocycles. The van der Waals surface area contributed by atoms with E-state index in [1.807, 2.05) is 18.2 Å². The molecule has 2 aromatic rings. The Morgan fingerprint density at radius 2 is 1.77 bits per heavy atom. The molecule has 2 N–H and O–H groups in total. The summed E-state index contributed by atoms with van der Waals surface area (Å²) < 4.78 is 10.4. The zero-order valence-electron chi connectivity index (χ0n) is 18.5. The Bertz CT molecular complexity index is 958. The quantitative estimate of drug-likeness (QED) is 0.629. The predicted octanol–water partition coefficient (Wildman–Crippen LogP) is 3.59. The number of H-pyrrole nitrogens is 1. The van der Waals surface area contributed by atoms with Crippen LogP contribution in [0.5, 0.6) is 0 Å². The second-order valence-corrected chi connectivity index (χ2v) is 8.43. The van der Waals surface area contributed by atoms with Gasteiger partial charge >= 0.3 is 11.9 Å². The fourth-order valence-corrected chi connectivity index (χ4v) is 4.02. The first kappa shape index (κ1) is 22.6. The van der Waals surface area contributed by atoms with E-state index < -0.39 is 11.9 Å². The Morgan fingerprint density at radius 1 is 1.10 bits per heavy atom. The SMILES string of the molecule is Cc1[nH]c(C(=O)OCC(=O)NCC2(c3ccccc3)CCC2)c(C)c1C(=O)OC(C)C. The van der Waals surface area contributed by atoms with E-state index in [9.17, 15) is 14.4 Å². The summed E-state index contributed by atoms with van der Waals surface area (Å²) in [5, 5.41) is 2.90. The van der Waals surface area contributed by atoms with Crippen LogP contribution in [0.15, 0.2) is 30.3 Å². The average Bonchev–Trinajstić information content (AvgIpc) is 3.00. The van der Waals surface area contributed by atoms with Crippen LogP contribution in [0.2, 0.25) is 0 Å². The summed E-state index contributed by atoms with van der Waals surface area (Å²) in [7, 11) is 0. The molecule has 3 rings (SSSR count). The van der Waals surface area contributed by atoms with Gasteiger partial charge in [0.05, 0.1) is 11.7 Å². The summed E-state index contributed by atoms with van der Waals surface area (Å²) in [4.78, 5) is 39.9. The van der Waals surface area contributed by atoms with E-state index in [0.717, 1.165) is 19.3 Å². The van der Waals surface area contributed by atoms with Crippen molar-refractivity contribution in [1.82, 2.24) is 10.3 Å². The van der Waals surface area contributed by atoms with Gasteiger partial charge < -0.3 is 19.8 Å². The number of benzene rings is 1. The minimum atomic E-state index is -0.680. The lowest BCUT2D eigenvalue weighted by atomic mass is 9.64. The van der Waals surface area contributed by atoms with Crippen LogP contribution in [-0.2, 0) is 19.7 Å². The number of nitrogens with one attached hydrogen (secondary N) is 2. The molecule has 0 unspecified atom stereocenters. The lowest BCUT2D eigenvalue weighted by Gasteiger charge is -2.42. The Morgan fingerprint density at radius 3 is 2.35 bits per heavy atom. The van der Waals surface area contributed by atoms with Gasteiger partial charge in [0.2, 0.25) is 0 Å². The van der Waals surface area contributed by atoms with Crippen molar-refractivity contribution in [3.05, 3.63) is 58.4 Å². The molecule has 0 saturated heterocycles. The van der Waals surface area contributed by atoms with Gasteiger partial charge in [-0.05, 0) is 51.7 Å². The molecule has 1 amide bonds. The van der Waals surface area contributed by atoms with Gasteiger partial charge in [-0.3, -0.25) is 4.79 Å². The molecule has 7 heteroatoms. The maximum atomic E-state index is 12.5. The van der Waals surface area contributed by atoms with Gasteiger partial charge in [0.1, 0.15) is 5.69 Å². The third-order valence-corrected chi connectivity index (χ3v) is 5.84. The second-order valence-electron chi connectivity index (χ2n) is 8.43. The number of carbonyl (C=O) groups excluding carboxylic acids is 3. The highest BCUT2D eigenvalue weighted by Gasteiger charge is 2.38. The highest BCUT2D eigenvalue weighted by molar-refractivity contribution is 5.99. The van der Waals surface area contributed by atoms with E-state index in [4.69, 9.17) is 9.47 Å². The van der Waals surface area contributed by atoms with Gasteiger partial charge in [0.25, 0.3) is 5.91 Å². The average molecular weight is 427 g/mol. The van der Waals surface area contributed by atoms with Crippen LogP contribution in [0.4, 0.5) is 0 Å². The number of hydrogen-bond donors (Lipinski definition) is 2. The molecule has 1 aliphatic rings. The number of rotatable bonds is 8. The largest absolute Gasteiger partial charge is 0.459 e. The van der Waals surface area contributed by atoms with Crippen molar-refractivity contribution in [2.75, 3.05) is 13.2 Å². The number of ether oxygens (including phenoxy) is 2. The van der Waals surface area contributed by atoms with Crippen LogP contribution in [-0.4, -0.2) is 42.1 Å². The number of carbonyl (C=O) groups is 3. The number of aryl methyl sites for hydroxylation is 1. The molecule has 1 aliphatic carbocycles. The summed E-state index contributed by atoms with van der Waals surface area (Å²) in [6.07, 6.45) is 2.91. The van der Waals surface area contributed by atoms with Crippen LogP contribution < -0.4 is 5.32 Å². The van der Waals surface area contributed by atoms with E-state index in [-0.39, 0.29) is 29.7 Å². The number of amides is 1. The molecule has 0 atom stereocenters. The Balaban J connectivity index is 1.56. The maximum absolute atomic E-state index is 12.5. The van der Waals surface area contributed by atoms with Gasteiger partial charge in [-0.1, -0.05) is 36.8 Å². The first-order valence-electron chi connectivity index (χ1n) is 10.6. The molecule has 1 saturated carbocycles. The van der Waals surface area contributed by atoms with Crippen molar-refractivity contribution < 1.29 is 23.9 Å². The fraction of sp³-hybridized carbons (Fsp3) is 0.458. The number of esters is 2. The summed E-state index contributed by atoms with van der Waals surface area (Å²) >= 11 is 0. The third-order valence-electron chi connectivity index (χ3n) is 5.84. The first-order valence-corrected chi connectivity index (χ1v) is 10.6. The molecular formula is C24H30N2O5. The molecule has 1 aromatic heterocycles. The lowest BCUT2D eigenvalue weighted by Crippen LogP contribution is -2.46. The normalized spacial score (nSPS) is 14.6. The first-order chi connectivity index (χ1) is 14.7. The molecule has 1 heterocycles. The molecule has 7 nitrogen and oxygen atoms in total. The summed E-state index contributed by atoms with van der Waals surface area (Å²) in [5.74, 6) is -1.53. The van der Waals surface area contributed by atoms with Crippen molar-refractivity contribution in [3.8, 4) is 0 Å². The van der Waals surface area contributed by atoms with E-state index in [2.05, 4.69) is 22.4 Å². The standard InChI is InChI=1S/C24H30N2O5/c1-15(2)31-22(28)20-16(3)21(26-17(20)4)23(29)30-13-19(27)25-14-24(11-8-12-24)18-9-6-5-7-10-18/h5-7,9-10,15,26H,8,11-14H2,1-4H3,(H,25,27). The van der Waals surface area contributed by atoms with Gasteiger partial charge in [0, 0.05) is 17.7 Å². The van der Waals surface area contributed by atoms with Gasteiger partial charge in [-0.15, -0.1) is 0 Å². The van der Waals surface area contributed by atoms with E-state index in [1.54, 1.807) is 27.7 Å². The second kappa shape index (κ2) is 9.37. The molecular weight excluding hydrogens is 396 g/mol. The Kier molecular flexibility index (Phi) is 6.83. The molecule has 0 spiro atoms. The predicted molar refractivity (Wildman–Crippen MR) is 116 cm³/mol. The van der Waals surface area contributed by atoms with Crippen LogP contribution in [0.3, 0.4) is 0 Å². The van der Waals surface area contributed by atoms with Gasteiger partial charge in [-0.25, -0.2) is 9.59 Å². The van der Waals surface area contributed by atoms with Crippen LogP contribution in [0, 0.1) is 13.8 Å². The minimum Gasteiger partial charge on any atom is -0.459 e. The molecule has 31 heavy (non-hydrogen) atoms. The molecule has 0 bridgehead atoms. The summed E-state index contributed by atoms with van der Waals surface area (Å²) in [6.45, 7) is 6.99.